The van der Waals surface area contributed by atoms with E-state index in [0.29, 0.717) is 13.2 Å². The monoisotopic (exact) mass is 707 g/mol. The lowest BCUT2D eigenvalue weighted by atomic mass is 9.95. The van der Waals surface area contributed by atoms with Crippen molar-refractivity contribution in [2.75, 3.05) is 4.90 Å². The van der Waals surface area contributed by atoms with Crippen LogP contribution in [-0.4, -0.2) is 0 Å². The highest BCUT2D eigenvalue weighted by Crippen LogP contribution is 2.37. The molecule has 264 valence electrons. The maximum Gasteiger partial charge on any atom is 0.146 e. The van der Waals surface area contributed by atoms with E-state index in [1.165, 1.54) is 0 Å². The molecule has 0 aliphatic carbocycles. The molecule has 0 fully saturated rings. The molecule has 2 aromatic heterocycles. The first kappa shape index (κ1) is 33.9. The predicted octanol–water partition coefficient (Wildman–Crippen LogP) is 12.9. The molecule has 0 unspecified atom stereocenters. The second-order valence-corrected chi connectivity index (χ2v) is 12.5. The molecule has 0 radical (unpaired) electrons. The van der Waals surface area contributed by atoms with Gasteiger partial charge in [-0.2, -0.15) is 0 Å². The maximum atomic E-state index is 6.07. The Hall–Kier alpha value is -7.18. The summed E-state index contributed by atoms with van der Waals surface area (Å²) in [6.07, 6.45) is 5.51. The van der Waals surface area contributed by atoms with Crippen LogP contribution in [0.25, 0.3) is 11.6 Å². The number of furan rings is 2. The standard InChI is InChI=1S/C48H37NO5/c1-3-9-39(10-4-1)49(41-23-29-45(30-24-41)54-44-11-5-2-6-12-44)40-21-15-36(16-22-40)33-48(37-17-25-42(26-18-37)52-34-46-13-7-31-50-46)38-19-27-43(28-20-38)53-35-47-14-8-32-51-47/h1-33H,34-35H2. The van der Waals surface area contributed by atoms with Crippen LogP contribution in [-0.2, 0) is 13.2 Å². The van der Waals surface area contributed by atoms with E-state index in [1.807, 2.05) is 97.1 Å². The van der Waals surface area contributed by atoms with Crippen molar-refractivity contribution in [2.45, 2.75) is 13.2 Å². The summed E-state index contributed by atoms with van der Waals surface area (Å²) >= 11 is 0. The van der Waals surface area contributed by atoms with Crippen molar-refractivity contribution in [1.82, 2.24) is 0 Å². The van der Waals surface area contributed by atoms with Gasteiger partial charge in [0.05, 0.1) is 12.5 Å². The highest BCUT2D eigenvalue weighted by Gasteiger charge is 2.14. The van der Waals surface area contributed by atoms with E-state index in [4.69, 9.17) is 23.0 Å². The fourth-order valence-corrected chi connectivity index (χ4v) is 6.09. The van der Waals surface area contributed by atoms with Crippen LogP contribution in [0.1, 0.15) is 28.2 Å². The van der Waals surface area contributed by atoms with E-state index in [-0.39, 0.29) is 0 Å². The summed E-state index contributed by atoms with van der Waals surface area (Å²) in [6.45, 7) is 0.735. The van der Waals surface area contributed by atoms with Crippen LogP contribution in [0.15, 0.2) is 203 Å². The Bertz CT molecular complexity index is 2270. The fraction of sp³-hybridized carbons (Fsp3) is 0.0417. The summed E-state index contributed by atoms with van der Waals surface area (Å²) in [5, 5.41) is 0. The van der Waals surface area contributed by atoms with Gasteiger partial charge in [0, 0.05) is 17.1 Å². The highest BCUT2D eigenvalue weighted by atomic mass is 16.5. The zero-order valence-electron chi connectivity index (χ0n) is 29.5. The van der Waals surface area contributed by atoms with Crippen molar-refractivity contribution in [3.8, 4) is 23.0 Å². The molecule has 0 atom stereocenters. The number of benzene rings is 6. The maximum absolute atomic E-state index is 6.07. The number of nitrogens with zero attached hydrogens (tertiary/aromatic N) is 1. The van der Waals surface area contributed by atoms with E-state index >= 15 is 0 Å². The van der Waals surface area contributed by atoms with Gasteiger partial charge in [-0.05, 0) is 138 Å². The molecule has 0 spiro atoms. The van der Waals surface area contributed by atoms with Crippen molar-refractivity contribution in [3.05, 3.63) is 223 Å². The average Bonchev–Trinajstić information content (AvgIpc) is 3.97. The second kappa shape index (κ2) is 16.4. The van der Waals surface area contributed by atoms with Gasteiger partial charge in [-0.1, -0.05) is 72.8 Å². The molecule has 8 rings (SSSR count). The van der Waals surface area contributed by atoms with Gasteiger partial charge in [-0.3, -0.25) is 0 Å². The smallest absolute Gasteiger partial charge is 0.146 e. The van der Waals surface area contributed by atoms with E-state index in [2.05, 4.69) is 95.9 Å². The van der Waals surface area contributed by atoms with Crippen molar-refractivity contribution < 1.29 is 23.0 Å². The van der Waals surface area contributed by atoms with Crippen LogP contribution >= 0.6 is 0 Å². The molecule has 0 aliphatic rings. The van der Waals surface area contributed by atoms with Gasteiger partial charge in [0.1, 0.15) is 47.7 Å². The van der Waals surface area contributed by atoms with E-state index < -0.39 is 0 Å². The number of hydrogen-bond acceptors (Lipinski definition) is 6. The molecule has 0 saturated carbocycles. The lowest BCUT2D eigenvalue weighted by molar-refractivity contribution is 0.270. The number of para-hydroxylation sites is 2. The van der Waals surface area contributed by atoms with Crippen LogP contribution in [0.3, 0.4) is 0 Å². The van der Waals surface area contributed by atoms with Crippen LogP contribution < -0.4 is 19.1 Å². The molecule has 0 N–H and O–H groups in total. The zero-order chi connectivity index (χ0) is 36.4. The minimum absolute atomic E-state index is 0.368. The average molecular weight is 708 g/mol. The predicted molar refractivity (Wildman–Crippen MR) is 214 cm³/mol. The summed E-state index contributed by atoms with van der Waals surface area (Å²) in [4.78, 5) is 2.24. The molecule has 0 bridgehead atoms. The minimum Gasteiger partial charge on any atom is -0.486 e. The summed E-state index contributed by atoms with van der Waals surface area (Å²) in [5.41, 5.74) is 7.34. The third kappa shape index (κ3) is 8.47. The molecule has 0 aliphatic heterocycles. The van der Waals surface area contributed by atoms with Gasteiger partial charge in [0.25, 0.3) is 0 Å². The molecule has 54 heavy (non-hydrogen) atoms. The minimum atomic E-state index is 0.368. The number of hydrogen-bond donors (Lipinski definition) is 0. The van der Waals surface area contributed by atoms with Crippen LogP contribution in [0.4, 0.5) is 17.1 Å². The van der Waals surface area contributed by atoms with Crippen molar-refractivity contribution in [3.63, 3.8) is 0 Å². The second-order valence-electron chi connectivity index (χ2n) is 12.5. The first-order valence-electron chi connectivity index (χ1n) is 17.7. The topological polar surface area (TPSA) is 57.2 Å². The molecule has 0 saturated heterocycles. The summed E-state index contributed by atoms with van der Waals surface area (Å²) < 4.78 is 28.9. The summed E-state index contributed by atoms with van der Waals surface area (Å²) in [6, 6.07) is 60.8. The quantitative estimate of drug-likeness (QED) is 0.105. The Balaban J connectivity index is 1.07. The summed E-state index contributed by atoms with van der Waals surface area (Å²) in [5.74, 6) is 4.66. The molecule has 6 heteroatoms. The van der Waals surface area contributed by atoms with E-state index in [1.54, 1.807) is 12.5 Å². The van der Waals surface area contributed by atoms with Gasteiger partial charge in [0.15, 0.2) is 0 Å². The largest absolute Gasteiger partial charge is 0.486 e. The Labute approximate surface area is 314 Å². The van der Waals surface area contributed by atoms with Crippen molar-refractivity contribution in [1.29, 1.82) is 0 Å². The van der Waals surface area contributed by atoms with Gasteiger partial charge >= 0.3 is 0 Å². The first-order valence-corrected chi connectivity index (χ1v) is 17.7. The molecule has 6 aromatic carbocycles. The Kier molecular flexibility index (Phi) is 10.3. The first-order chi connectivity index (χ1) is 26.7. The van der Waals surface area contributed by atoms with Crippen LogP contribution in [0.5, 0.6) is 23.0 Å². The van der Waals surface area contributed by atoms with Crippen molar-refractivity contribution >= 4 is 28.7 Å². The Morgan fingerprint density at radius 2 is 0.870 bits per heavy atom. The van der Waals surface area contributed by atoms with Gasteiger partial charge < -0.3 is 27.9 Å². The third-order valence-electron chi connectivity index (χ3n) is 8.80. The normalized spacial score (nSPS) is 10.7. The molecular weight excluding hydrogens is 671 g/mol. The lowest BCUT2D eigenvalue weighted by Crippen LogP contribution is -2.09. The zero-order valence-corrected chi connectivity index (χ0v) is 29.5. The molecule has 2 heterocycles. The van der Waals surface area contributed by atoms with Gasteiger partial charge in [-0.15, -0.1) is 0 Å². The van der Waals surface area contributed by atoms with Crippen LogP contribution in [0.2, 0.25) is 0 Å². The Morgan fingerprint density at radius 1 is 0.426 bits per heavy atom. The van der Waals surface area contributed by atoms with Crippen LogP contribution in [0, 0.1) is 0 Å². The van der Waals surface area contributed by atoms with Crippen molar-refractivity contribution in [2.24, 2.45) is 0 Å². The molecule has 0 amide bonds. The number of ether oxygens (including phenoxy) is 3. The van der Waals surface area contributed by atoms with E-state index in [9.17, 15) is 0 Å². The number of rotatable bonds is 14. The molecule has 6 nitrogen and oxygen atoms in total. The molecule has 8 aromatic rings. The molecular formula is C48H37NO5. The summed E-state index contributed by atoms with van der Waals surface area (Å²) in [7, 11) is 0. The lowest BCUT2D eigenvalue weighted by Gasteiger charge is -2.25. The van der Waals surface area contributed by atoms with E-state index in [0.717, 1.165) is 73.8 Å². The SMILES string of the molecule is C(=C(c1ccc(OCc2ccco2)cc1)c1ccc(OCc2ccco2)cc1)c1ccc(N(c2ccccc2)c2ccc(Oc3ccccc3)cc2)cc1. The number of anilines is 3. The Morgan fingerprint density at radius 3 is 1.37 bits per heavy atom. The van der Waals surface area contributed by atoms with Gasteiger partial charge in [0.2, 0.25) is 0 Å². The third-order valence-corrected chi connectivity index (χ3v) is 8.80. The fourth-order valence-electron chi connectivity index (χ4n) is 6.09. The highest BCUT2D eigenvalue weighted by molar-refractivity contribution is 5.92. The van der Waals surface area contributed by atoms with Gasteiger partial charge in [-0.25, -0.2) is 0 Å².